The van der Waals surface area contributed by atoms with Crippen molar-refractivity contribution in [1.82, 2.24) is 15.4 Å². The summed E-state index contributed by atoms with van der Waals surface area (Å²) in [6, 6.07) is 16.8. The molecule has 3 N–H and O–H groups in total. The van der Waals surface area contributed by atoms with Crippen LogP contribution in [-0.2, 0) is 41.7 Å². The molecule has 220 valence electrons. The van der Waals surface area contributed by atoms with Crippen LogP contribution in [0.3, 0.4) is 0 Å². The Morgan fingerprint density at radius 2 is 1.64 bits per heavy atom. The maximum atomic E-state index is 13.1. The first kappa shape index (κ1) is 30.9. The van der Waals surface area contributed by atoms with Crippen LogP contribution in [0.4, 0.5) is 5.69 Å². The van der Waals surface area contributed by atoms with E-state index in [4.69, 9.17) is 37.5 Å². The molecule has 14 heteroatoms. The molecule has 3 atom stereocenters. The highest BCUT2D eigenvalue weighted by atomic mass is 35.5. The first-order valence-corrected chi connectivity index (χ1v) is 13.3. The lowest BCUT2D eigenvalue weighted by molar-refractivity contribution is -0.189. The van der Waals surface area contributed by atoms with Crippen LogP contribution in [0.2, 0.25) is 10.3 Å². The largest absolute Gasteiger partial charge is 0.480 e. The number of benzene rings is 2. The number of hydrogen-bond acceptors (Lipinski definition) is 8. The summed E-state index contributed by atoms with van der Waals surface area (Å²) in [6.45, 7) is -0.233. The van der Waals surface area contributed by atoms with Gasteiger partial charge in [-0.1, -0.05) is 65.7 Å². The molecule has 0 spiro atoms. The summed E-state index contributed by atoms with van der Waals surface area (Å²) >= 11 is 11.7. The Kier molecular flexibility index (Phi) is 10.4. The van der Waals surface area contributed by atoms with Crippen molar-refractivity contribution in [1.29, 1.82) is 0 Å². The molecule has 2 aromatic carbocycles. The van der Waals surface area contributed by atoms with Crippen molar-refractivity contribution in [3.63, 3.8) is 0 Å². The first-order valence-electron chi connectivity index (χ1n) is 12.5. The normalized spacial score (nSPS) is 16.8. The molecule has 3 amide bonds. The Morgan fingerprint density at radius 3 is 2.26 bits per heavy atom. The number of carbonyl (C=O) groups is 4. The number of carbonyl (C=O) groups excluding carboxylic acids is 3. The number of anilines is 1. The minimum absolute atomic E-state index is 0.0678. The maximum Gasteiger partial charge on any atom is 0.326 e. The van der Waals surface area contributed by atoms with Crippen LogP contribution in [0.5, 0.6) is 0 Å². The van der Waals surface area contributed by atoms with Crippen molar-refractivity contribution in [2.75, 3.05) is 19.2 Å². The lowest BCUT2D eigenvalue weighted by Crippen LogP contribution is -2.52. The third kappa shape index (κ3) is 8.02. The van der Waals surface area contributed by atoms with E-state index in [0.29, 0.717) is 11.3 Å². The van der Waals surface area contributed by atoms with Gasteiger partial charge in [0.25, 0.3) is 17.7 Å². The number of hydroxylamine groups is 2. The van der Waals surface area contributed by atoms with Gasteiger partial charge >= 0.3 is 5.97 Å². The Labute approximate surface area is 250 Å². The monoisotopic (exact) mass is 616 g/mol. The number of hydrogen-bond donors (Lipinski definition) is 3. The van der Waals surface area contributed by atoms with E-state index < -0.39 is 41.9 Å². The quantitative estimate of drug-likeness (QED) is 0.217. The van der Waals surface area contributed by atoms with E-state index in [1.165, 1.54) is 19.2 Å². The molecule has 1 fully saturated rings. The van der Waals surface area contributed by atoms with Crippen LogP contribution in [0, 0.1) is 0 Å². The van der Waals surface area contributed by atoms with Gasteiger partial charge in [0, 0.05) is 17.7 Å². The molecule has 1 unspecified atom stereocenters. The van der Waals surface area contributed by atoms with Crippen LogP contribution < -0.4 is 10.6 Å². The molecule has 0 bridgehead atoms. The zero-order chi connectivity index (χ0) is 30.2. The molecular formula is C28H26Cl2N4O8. The number of rotatable bonds is 11. The summed E-state index contributed by atoms with van der Waals surface area (Å²) in [5.41, 5.74) is 1.98. The fourth-order valence-corrected chi connectivity index (χ4v) is 4.57. The minimum Gasteiger partial charge on any atom is -0.480 e. The Balaban J connectivity index is 1.37. The van der Waals surface area contributed by atoms with Gasteiger partial charge in [0.1, 0.15) is 23.1 Å². The smallest absolute Gasteiger partial charge is 0.326 e. The molecule has 1 aliphatic heterocycles. The average molecular weight is 617 g/mol. The first-order chi connectivity index (χ1) is 20.1. The summed E-state index contributed by atoms with van der Waals surface area (Å²) in [5, 5.41) is 16.1. The van der Waals surface area contributed by atoms with Crippen molar-refractivity contribution in [2.24, 2.45) is 0 Å². The Morgan fingerprint density at radius 1 is 1.00 bits per heavy atom. The number of amides is 3. The van der Waals surface area contributed by atoms with E-state index in [1.54, 1.807) is 36.4 Å². The molecule has 0 aliphatic carbocycles. The molecule has 1 aliphatic rings. The van der Waals surface area contributed by atoms with Gasteiger partial charge in [-0.3, -0.25) is 19.2 Å². The van der Waals surface area contributed by atoms with Crippen molar-refractivity contribution in [2.45, 2.75) is 31.2 Å². The van der Waals surface area contributed by atoms with Crippen LogP contribution in [0.1, 0.15) is 21.5 Å². The fraction of sp³-hybridized carbons (Fsp3) is 0.250. The lowest BCUT2D eigenvalue weighted by Gasteiger charge is -2.25. The van der Waals surface area contributed by atoms with Crippen LogP contribution in [-0.4, -0.2) is 71.0 Å². The average Bonchev–Trinajstić information content (AvgIpc) is 3.46. The molecule has 4 rings (SSSR count). The molecule has 42 heavy (non-hydrogen) atoms. The third-order valence-electron chi connectivity index (χ3n) is 6.20. The molecule has 12 nitrogen and oxygen atoms in total. The van der Waals surface area contributed by atoms with Gasteiger partial charge in [0.15, 0.2) is 12.2 Å². The van der Waals surface area contributed by atoms with Gasteiger partial charge < -0.3 is 25.2 Å². The Bertz CT molecular complexity index is 1420. The summed E-state index contributed by atoms with van der Waals surface area (Å²) in [7, 11) is 1.31. The van der Waals surface area contributed by atoms with Crippen molar-refractivity contribution in [3.05, 3.63) is 93.7 Å². The van der Waals surface area contributed by atoms with Crippen molar-refractivity contribution in [3.8, 4) is 0 Å². The predicted molar refractivity (Wildman–Crippen MR) is 151 cm³/mol. The standard InChI is InChI=1S/C28H26Cl2N4O8/c1-40-34(14-17-5-3-2-4-6-17)27(37)24-23(41-15-42-24)26(36)32-20(28(38)39)11-16-7-9-19(10-8-16)31-25(35)18-12-21(29)33-22(30)13-18/h2-10,12-13,20,23-24H,11,14-15H2,1H3,(H,31,35)(H,32,36)(H,38,39)/t20?,23-,24-/m1/s1. The molecule has 0 saturated carbocycles. The minimum atomic E-state index is -1.39. The lowest BCUT2D eigenvalue weighted by atomic mass is 10.0. The van der Waals surface area contributed by atoms with Gasteiger partial charge in [-0.2, -0.15) is 0 Å². The second-order valence-electron chi connectivity index (χ2n) is 9.09. The second-order valence-corrected chi connectivity index (χ2v) is 9.87. The van der Waals surface area contributed by atoms with Gasteiger partial charge in [-0.25, -0.2) is 14.8 Å². The highest BCUT2D eigenvalue weighted by Gasteiger charge is 2.43. The number of nitrogens with zero attached hydrogens (tertiary/aromatic N) is 2. The van der Waals surface area contributed by atoms with Crippen LogP contribution in [0.15, 0.2) is 66.7 Å². The summed E-state index contributed by atoms with van der Waals surface area (Å²) in [4.78, 5) is 59.6. The number of aromatic nitrogens is 1. The van der Waals surface area contributed by atoms with Gasteiger partial charge in [0.05, 0.1) is 13.7 Å². The van der Waals surface area contributed by atoms with Crippen LogP contribution >= 0.6 is 23.2 Å². The number of nitrogens with one attached hydrogen (secondary N) is 2. The van der Waals surface area contributed by atoms with E-state index in [0.717, 1.165) is 10.6 Å². The second kappa shape index (κ2) is 14.2. The fourth-order valence-electron chi connectivity index (χ4n) is 4.11. The maximum absolute atomic E-state index is 13.1. The highest BCUT2D eigenvalue weighted by molar-refractivity contribution is 6.33. The third-order valence-corrected chi connectivity index (χ3v) is 6.59. The summed E-state index contributed by atoms with van der Waals surface area (Å²) in [5.74, 6) is -3.24. The van der Waals surface area contributed by atoms with Gasteiger partial charge in [-0.05, 0) is 35.4 Å². The highest BCUT2D eigenvalue weighted by Crippen LogP contribution is 2.20. The zero-order valence-corrected chi connectivity index (χ0v) is 23.7. The number of carboxylic acids is 1. The molecular weight excluding hydrogens is 591 g/mol. The zero-order valence-electron chi connectivity index (χ0n) is 22.2. The number of halogens is 2. The summed E-state index contributed by atoms with van der Waals surface area (Å²) in [6.07, 6.45) is -2.81. The van der Waals surface area contributed by atoms with E-state index in [2.05, 4.69) is 15.6 Å². The number of pyridine rings is 1. The topological polar surface area (TPSA) is 156 Å². The van der Waals surface area contributed by atoms with Crippen LogP contribution in [0.25, 0.3) is 0 Å². The van der Waals surface area contributed by atoms with E-state index in [-0.39, 0.29) is 35.6 Å². The van der Waals surface area contributed by atoms with Gasteiger partial charge in [0.2, 0.25) is 0 Å². The molecule has 2 heterocycles. The number of aliphatic carboxylic acids is 1. The van der Waals surface area contributed by atoms with Gasteiger partial charge in [-0.15, -0.1) is 0 Å². The van der Waals surface area contributed by atoms with Crippen molar-refractivity contribution >= 4 is 52.6 Å². The molecule has 3 aromatic rings. The number of ether oxygens (including phenoxy) is 2. The summed E-state index contributed by atoms with van der Waals surface area (Å²) < 4.78 is 10.7. The van der Waals surface area contributed by atoms with Crippen molar-refractivity contribution < 1.29 is 38.6 Å². The molecule has 1 aromatic heterocycles. The predicted octanol–water partition coefficient (Wildman–Crippen LogP) is 3.08. The number of carboxylic acid groups (broad SMARTS) is 1. The van der Waals surface area contributed by atoms with E-state index >= 15 is 0 Å². The van der Waals surface area contributed by atoms with E-state index in [9.17, 15) is 24.3 Å². The Hall–Kier alpha value is -4.07. The molecule has 0 radical (unpaired) electrons. The molecule has 1 saturated heterocycles. The van der Waals surface area contributed by atoms with E-state index in [1.807, 2.05) is 18.2 Å². The SMILES string of the molecule is CON(Cc1ccccc1)C(=O)[C@@H]1OCO[C@H]1C(=O)NC(Cc1ccc(NC(=O)c2cc(Cl)nc(Cl)c2)cc1)C(=O)O.